The van der Waals surface area contributed by atoms with Gasteiger partial charge in [-0.2, -0.15) is 0 Å². The number of hydrogen-bond acceptors (Lipinski definition) is 3. The summed E-state index contributed by atoms with van der Waals surface area (Å²) in [6, 6.07) is 0. The Morgan fingerprint density at radius 3 is 2.75 bits per heavy atom. The van der Waals surface area contributed by atoms with E-state index in [-0.39, 0.29) is 0 Å². The van der Waals surface area contributed by atoms with E-state index in [2.05, 4.69) is 19.2 Å². The summed E-state index contributed by atoms with van der Waals surface area (Å²) in [7, 11) is 0. The highest BCUT2D eigenvalue weighted by atomic mass is 32.1. The fourth-order valence-corrected chi connectivity index (χ4v) is 5.35. The molecule has 2 saturated carbocycles. The summed E-state index contributed by atoms with van der Waals surface area (Å²) in [5.41, 5.74) is 1.39. The maximum absolute atomic E-state index is 5.06. The minimum atomic E-state index is 0.800. The molecule has 1 N–H and O–H groups in total. The van der Waals surface area contributed by atoms with Gasteiger partial charge in [-0.1, -0.05) is 26.7 Å². The number of hydrogen-bond donors (Lipinski definition) is 1. The summed E-state index contributed by atoms with van der Waals surface area (Å²) < 4.78 is 0. The van der Waals surface area contributed by atoms with Crippen molar-refractivity contribution in [3.05, 3.63) is 15.6 Å². The van der Waals surface area contributed by atoms with Gasteiger partial charge in [0, 0.05) is 17.3 Å². The maximum Gasteiger partial charge on any atom is 0.0965 e. The molecule has 3 atom stereocenters. The normalized spacial score (nSPS) is 28.4. The van der Waals surface area contributed by atoms with Crippen LogP contribution in [0.3, 0.4) is 0 Å². The molecular weight excluding hydrogens is 264 g/mol. The van der Waals surface area contributed by atoms with Gasteiger partial charge in [0.25, 0.3) is 0 Å². The molecule has 112 valence electrons. The van der Waals surface area contributed by atoms with Gasteiger partial charge in [-0.25, -0.2) is 4.98 Å². The van der Waals surface area contributed by atoms with Crippen LogP contribution in [0, 0.1) is 11.8 Å². The second kappa shape index (κ2) is 6.57. The monoisotopic (exact) mass is 292 g/mol. The molecule has 0 aliphatic heterocycles. The molecule has 2 aliphatic rings. The zero-order valence-corrected chi connectivity index (χ0v) is 13.8. The summed E-state index contributed by atoms with van der Waals surface area (Å²) in [6.07, 6.45) is 9.42. The Balaban J connectivity index is 1.72. The number of rotatable bonds is 7. The van der Waals surface area contributed by atoms with E-state index in [0.717, 1.165) is 37.3 Å². The summed E-state index contributed by atoms with van der Waals surface area (Å²) in [5.74, 6) is 2.77. The Morgan fingerprint density at radius 2 is 2.10 bits per heavy atom. The van der Waals surface area contributed by atoms with Crippen LogP contribution in [-0.4, -0.2) is 11.5 Å². The third kappa shape index (κ3) is 2.94. The van der Waals surface area contributed by atoms with Crippen LogP contribution in [0.4, 0.5) is 0 Å². The molecule has 20 heavy (non-hydrogen) atoms. The summed E-state index contributed by atoms with van der Waals surface area (Å²) >= 11 is 2.01. The molecule has 0 aromatic carbocycles. The predicted molar refractivity (Wildman–Crippen MR) is 86.3 cm³/mol. The van der Waals surface area contributed by atoms with Crippen LogP contribution < -0.4 is 5.32 Å². The summed E-state index contributed by atoms with van der Waals surface area (Å²) in [5, 5.41) is 5.03. The smallest absolute Gasteiger partial charge is 0.0965 e. The standard InChI is InChI=1S/C17H28N2S/c1-3-5-15-16(11-18-8-4-2)20-17(19-15)14-10-12-6-7-13(14)9-12/h12-14,18H,3-11H2,1-2H3. The molecular formula is C17H28N2S. The molecule has 2 nitrogen and oxygen atoms in total. The Labute approximate surface area is 127 Å². The molecule has 3 rings (SSSR count). The number of thiazole rings is 1. The van der Waals surface area contributed by atoms with E-state index in [1.165, 1.54) is 54.1 Å². The van der Waals surface area contributed by atoms with Crippen molar-refractivity contribution in [1.29, 1.82) is 0 Å². The topological polar surface area (TPSA) is 24.9 Å². The lowest BCUT2D eigenvalue weighted by atomic mass is 9.89. The quantitative estimate of drug-likeness (QED) is 0.749. The minimum Gasteiger partial charge on any atom is -0.312 e. The van der Waals surface area contributed by atoms with E-state index in [1.54, 1.807) is 0 Å². The Morgan fingerprint density at radius 1 is 1.20 bits per heavy atom. The average Bonchev–Trinajstić information content (AvgIpc) is 3.14. The molecule has 1 aromatic heterocycles. The van der Waals surface area contributed by atoms with Crippen LogP contribution >= 0.6 is 11.3 Å². The van der Waals surface area contributed by atoms with Crippen molar-refractivity contribution in [2.45, 2.75) is 71.3 Å². The molecule has 3 unspecified atom stereocenters. The lowest BCUT2D eigenvalue weighted by molar-refractivity contribution is 0.418. The van der Waals surface area contributed by atoms with Gasteiger partial charge in [0.2, 0.25) is 0 Å². The Bertz CT molecular complexity index is 440. The van der Waals surface area contributed by atoms with Crippen LogP contribution in [0.25, 0.3) is 0 Å². The minimum absolute atomic E-state index is 0.800. The van der Waals surface area contributed by atoms with E-state index in [4.69, 9.17) is 4.98 Å². The van der Waals surface area contributed by atoms with Crippen molar-refractivity contribution in [2.24, 2.45) is 11.8 Å². The third-order valence-corrected chi connectivity index (χ3v) is 6.28. The van der Waals surface area contributed by atoms with Crippen molar-refractivity contribution in [3.8, 4) is 0 Å². The number of nitrogens with zero attached hydrogens (tertiary/aromatic N) is 1. The molecule has 0 saturated heterocycles. The zero-order chi connectivity index (χ0) is 13.9. The Hall–Kier alpha value is -0.410. The van der Waals surface area contributed by atoms with Gasteiger partial charge in [0.05, 0.1) is 10.7 Å². The van der Waals surface area contributed by atoms with Crippen molar-refractivity contribution < 1.29 is 0 Å². The first kappa shape index (κ1) is 14.5. The van der Waals surface area contributed by atoms with Gasteiger partial charge >= 0.3 is 0 Å². The van der Waals surface area contributed by atoms with E-state index in [1.807, 2.05) is 11.3 Å². The number of aromatic nitrogens is 1. The first-order chi connectivity index (χ1) is 9.81. The number of nitrogens with one attached hydrogen (secondary N) is 1. The highest BCUT2D eigenvalue weighted by Gasteiger charge is 2.41. The lowest BCUT2D eigenvalue weighted by Gasteiger charge is -2.18. The molecule has 2 bridgehead atoms. The van der Waals surface area contributed by atoms with Gasteiger partial charge in [0.15, 0.2) is 0 Å². The number of aryl methyl sites for hydroxylation is 1. The van der Waals surface area contributed by atoms with Gasteiger partial charge in [-0.3, -0.25) is 0 Å². The molecule has 2 fully saturated rings. The predicted octanol–water partition coefficient (Wildman–Crippen LogP) is 4.50. The molecule has 2 aliphatic carbocycles. The molecule has 3 heteroatoms. The molecule has 0 spiro atoms. The summed E-state index contributed by atoms with van der Waals surface area (Å²) in [4.78, 5) is 6.57. The summed E-state index contributed by atoms with van der Waals surface area (Å²) in [6.45, 7) is 6.64. The average molecular weight is 292 g/mol. The lowest BCUT2D eigenvalue weighted by Crippen LogP contribution is -2.13. The first-order valence-electron chi connectivity index (χ1n) is 8.51. The van der Waals surface area contributed by atoms with Crippen LogP contribution in [0.2, 0.25) is 0 Å². The molecule has 1 heterocycles. The van der Waals surface area contributed by atoms with Crippen molar-refractivity contribution in [1.82, 2.24) is 10.3 Å². The van der Waals surface area contributed by atoms with Gasteiger partial charge in [0.1, 0.15) is 0 Å². The number of fused-ring (bicyclic) bond motifs is 2. The zero-order valence-electron chi connectivity index (χ0n) is 13.0. The van der Waals surface area contributed by atoms with Crippen LogP contribution in [0.5, 0.6) is 0 Å². The second-order valence-electron chi connectivity index (χ2n) is 6.63. The van der Waals surface area contributed by atoms with E-state index in [9.17, 15) is 0 Å². The van der Waals surface area contributed by atoms with Gasteiger partial charge in [-0.15, -0.1) is 11.3 Å². The molecule has 0 radical (unpaired) electrons. The largest absolute Gasteiger partial charge is 0.312 e. The van der Waals surface area contributed by atoms with Crippen LogP contribution in [0.15, 0.2) is 0 Å². The van der Waals surface area contributed by atoms with E-state index in [0.29, 0.717) is 0 Å². The van der Waals surface area contributed by atoms with Crippen LogP contribution in [0.1, 0.15) is 73.9 Å². The van der Waals surface area contributed by atoms with Crippen molar-refractivity contribution in [2.75, 3.05) is 6.54 Å². The first-order valence-corrected chi connectivity index (χ1v) is 9.32. The molecule has 1 aromatic rings. The van der Waals surface area contributed by atoms with Crippen molar-refractivity contribution in [3.63, 3.8) is 0 Å². The van der Waals surface area contributed by atoms with Crippen LogP contribution in [-0.2, 0) is 13.0 Å². The second-order valence-corrected chi connectivity index (χ2v) is 7.75. The maximum atomic E-state index is 5.06. The fourth-order valence-electron chi connectivity index (χ4n) is 4.06. The van der Waals surface area contributed by atoms with Gasteiger partial charge < -0.3 is 5.32 Å². The van der Waals surface area contributed by atoms with Crippen molar-refractivity contribution >= 4 is 11.3 Å². The Kier molecular flexibility index (Phi) is 4.77. The fraction of sp³-hybridized carbons (Fsp3) is 0.824. The third-order valence-electron chi connectivity index (χ3n) is 5.05. The van der Waals surface area contributed by atoms with E-state index < -0.39 is 0 Å². The SMILES string of the molecule is CCCNCc1sc(C2CC3CCC2C3)nc1CCC. The molecule has 0 amide bonds. The highest BCUT2D eigenvalue weighted by molar-refractivity contribution is 7.11. The highest BCUT2D eigenvalue weighted by Crippen LogP contribution is 2.53. The van der Waals surface area contributed by atoms with Gasteiger partial charge in [-0.05, 0) is 50.5 Å². The van der Waals surface area contributed by atoms with E-state index >= 15 is 0 Å².